The van der Waals surface area contributed by atoms with Gasteiger partial charge in [-0.15, -0.1) is 0 Å². The molecule has 3 aliphatic rings. The molecule has 0 unspecified atom stereocenters. The Labute approximate surface area is 157 Å². The van der Waals surface area contributed by atoms with Crippen LogP contribution >= 0.6 is 0 Å². The van der Waals surface area contributed by atoms with E-state index in [2.05, 4.69) is 53.2 Å². The first-order valence-electron chi connectivity index (χ1n) is 10.4. The van der Waals surface area contributed by atoms with E-state index in [-0.39, 0.29) is 5.91 Å². The van der Waals surface area contributed by atoms with Gasteiger partial charge in [0.1, 0.15) is 0 Å². The SMILES string of the molecule is Cc1ccccc1N1CCN(CC(=O)N[C@@H](C)[C@H]2C[C@H]3CC[C@H]2C3)CC1. The lowest BCUT2D eigenvalue weighted by Crippen LogP contribution is -2.51. The first-order chi connectivity index (χ1) is 12.6. The summed E-state index contributed by atoms with van der Waals surface area (Å²) in [7, 11) is 0. The lowest BCUT2D eigenvalue weighted by Gasteiger charge is -2.37. The number of aryl methyl sites for hydroxylation is 1. The van der Waals surface area contributed by atoms with E-state index in [4.69, 9.17) is 0 Å². The van der Waals surface area contributed by atoms with Gasteiger partial charge in [-0.2, -0.15) is 0 Å². The highest BCUT2D eigenvalue weighted by molar-refractivity contribution is 5.78. The Balaban J connectivity index is 1.23. The molecule has 4 nitrogen and oxygen atoms in total. The van der Waals surface area contributed by atoms with Crippen molar-refractivity contribution in [2.75, 3.05) is 37.6 Å². The van der Waals surface area contributed by atoms with Crippen LogP contribution in [0, 0.1) is 24.7 Å². The number of benzene rings is 1. The highest BCUT2D eigenvalue weighted by Crippen LogP contribution is 2.49. The molecular formula is C22H33N3O. The first-order valence-corrected chi connectivity index (χ1v) is 10.4. The fourth-order valence-electron chi connectivity index (χ4n) is 5.58. The first kappa shape index (κ1) is 17.8. The Kier molecular flexibility index (Phi) is 5.21. The van der Waals surface area contributed by atoms with Crippen molar-refractivity contribution in [3.63, 3.8) is 0 Å². The Morgan fingerprint density at radius 1 is 1.15 bits per heavy atom. The molecule has 1 aromatic carbocycles. The maximum Gasteiger partial charge on any atom is 0.234 e. The van der Waals surface area contributed by atoms with E-state index >= 15 is 0 Å². The van der Waals surface area contributed by atoms with Gasteiger partial charge in [-0.3, -0.25) is 9.69 Å². The van der Waals surface area contributed by atoms with Crippen LogP contribution in [-0.2, 0) is 4.79 Å². The van der Waals surface area contributed by atoms with E-state index in [0.717, 1.165) is 43.9 Å². The summed E-state index contributed by atoms with van der Waals surface area (Å²) in [5, 5.41) is 3.31. The normalized spacial score (nSPS) is 29.8. The third-order valence-electron chi connectivity index (χ3n) is 7.02. The molecule has 1 saturated heterocycles. The molecule has 4 rings (SSSR count). The quantitative estimate of drug-likeness (QED) is 0.882. The number of hydrogen-bond donors (Lipinski definition) is 1. The highest BCUT2D eigenvalue weighted by atomic mass is 16.2. The van der Waals surface area contributed by atoms with Crippen molar-refractivity contribution in [3.05, 3.63) is 29.8 Å². The maximum absolute atomic E-state index is 12.5. The lowest BCUT2D eigenvalue weighted by atomic mass is 9.84. The molecule has 2 saturated carbocycles. The van der Waals surface area contributed by atoms with Gasteiger partial charge in [0, 0.05) is 37.9 Å². The number of carbonyl (C=O) groups excluding carboxylic acids is 1. The molecule has 142 valence electrons. The second-order valence-corrected chi connectivity index (χ2v) is 8.74. The fraction of sp³-hybridized carbons (Fsp3) is 0.682. The average molecular weight is 356 g/mol. The van der Waals surface area contributed by atoms with Gasteiger partial charge in [-0.1, -0.05) is 24.6 Å². The van der Waals surface area contributed by atoms with Crippen LogP contribution in [0.1, 0.15) is 38.2 Å². The maximum atomic E-state index is 12.5. The van der Waals surface area contributed by atoms with E-state index in [1.165, 1.54) is 36.9 Å². The second-order valence-electron chi connectivity index (χ2n) is 8.74. The lowest BCUT2D eigenvalue weighted by molar-refractivity contribution is -0.123. The Morgan fingerprint density at radius 2 is 1.92 bits per heavy atom. The van der Waals surface area contributed by atoms with Gasteiger partial charge >= 0.3 is 0 Å². The zero-order valence-corrected chi connectivity index (χ0v) is 16.3. The number of amides is 1. The van der Waals surface area contributed by atoms with E-state index in [1.807, 2.05) is 0 Å². The van der Waals surface area contributed by atoms with Crippen LogP contribution < -0.4 is 10.2 Å². The van der Waals surface area contributed by atoms with Crippen LogP contribution in [0.3, 0.4) is 0 Å². The summed E-state index contributed by atoms with van der Waals surface area (Å²) in [6, 6.07) is 8.92. The molecule has 1 amide bonds. The third-order valence-corrected chi connectivity index (χ3v) is 7.02. The number of anilines is 1. The minimum absolute atomic E-state index is 0.213. The van der Waals surface area contributed by atoms with Crippen LogP contribution in [0.15, 0.2) is 24.3 Å². The van der Waals surface area contributed by atoms with Gasteiger partial charge in [-0.25, -0.2) is 0 Å². The van der Waals surface area contributed by atoms with Gasteiger partial charge in [0.05, 0.1) is 6.54 Å². The number of nitrogens with one attached hydrogen (secondary N) is 1. The molecule has 1 aliphatic heterocycles. The van der Waals surface area contributed by atoms with Crippen molar-refractivity contribution in [1.82, 2.24) is 10.2 Å². The number of carbonyl (C=O) groups is 1. The predicted molar refractivity (Wildman–Crippen MR) is 106 cm³/mol. The summed E-state index contributed by atoms with van der Waals surface area (Å²) in [5.41, 5.74) is 2.67. The van der Waals surface area contributed by atoms with Gasteiger partial charge < -0.3 is 10.2 Å². The number of fused-ring (bicyclic) bond motifs is 2. The van der Waals surface area contributed by atoms with Crippen molar-refractivity contribution < 1.29 is 4.79 Å². The van der Waals surface area contributed by atoms with E-state index in [9.17, 15) is 4.79 Å². The Morgan fingerprint density at radius 3 is 2.58 bits per heavy atom. The standard InChI is InChI=1S/C22H33N3O/c1-16-5-3-4-6-21(16)25-11-9-24(10-12-25)15-22(26)23-17(2)20-14-18-7-8-19(20)13-18/h3-6,17-20H,7-15H2,1-2H3,(H,23,26)/t17-,18-,19-,20+/m0/s1. The topological polar surface area (TPSA) is 35.6 Å². The monoisotopic (exact) mass is 355 g/mol. The smallest absolute Gasteiger partial charge is 0.234 e. The average Bonchev–Trinajstić information content (AvgIpc) is 3.26. The van der Waals surface area contributed by atoms with Crippen LogP contribution in [0.25, 0.3) is 0 Å². The van der Waals surface area contributed by atoms with Crippen molar-refractivity contribution in [2.45, 2.75) is 45.6 Å². The summed E-state index contributed by atoms with van der Waals surface area (Å²) in [6.07, 6.45) is 5.55. The Bertz CT molecular complexity index is 638. The minimum atomic E-state index is 0.213. The molecule has 2 bridgehead atoms. The van der Waals surface area contributed by atoms with Crippen LogP contribution in [0.4, 0.5) is 5.69 Å². The van der Waals surface area contributed by atoms with Gasteiger partial charge in [0.15, 0.2) is 0 Å². The number of nitrogens with zero attached hydrogens (tertiary/aromatic N) is 2. The molecule has 2 aliphatic carbocycles. The van der Waals surface area contributed by atoms with Crippen molar-refractivity contribution in [1.29, 1.82) is 0 Å². The Hall–Kier alpha value is -1.55. The van der Waals surface area contributed by atoms with Crippen molar-refractivity contribution in [2.24, 2.45) is 17.8 Å². The second kappa shape index (κ2) is 7.59. The highest BCUT2D eigenvalue weighted by Gasteiger charge is 2.42. The van der Waals surface area contributed by atoms with Crippen molar-refractivity contribution >= 4 is 11.6 Å². The molecule has 0 spiro atoms. The number of rotatable bonds is 5. The van der Waals surface area contributed by atoms with Gasteiger partial charge in [0.25, 0.3) is 0 Å². The van der Waals surface area contributed by atoms with Crippen LogP contribution in [-0.4, -0.2) is 49.6 Å². The van der Waals surface area contributed by atoms with E-state index in [1.54, 1.807) is 0 Å². The number of hydrogen-bond acceptors (Lipinski definition) is 3. The van der Waals surface area contributed by atoms with Crippen molar-refractivity contribution in [3.8, 4) is 0 Å². The number of para-hydroxylation sites is 1. The molecule has 0 radical (unpaired) electrons. The molecule has 1 N–H and O–H groups in total. The molecule has 4 atom stereocenters. The molecule has 3 fully saturated rings. The largest absolute Gasteiger partial charge is 0.369 e. The van der Waals surface area contributed by atoms with Crippen LogP contribution in [0.2, 0.25) is 0 Å². The molecule has 4 heteroatoms. The zero-order valence-electron chi connectivity index (χ0n) is 16.3. The molecule has 1 heterocycles. The third kappa shape index (κ3) is 3.75. The van der Waals surface area contributed by atoms with Gasteiger partial charge in [0.2, 0.25) is 5.91 Å². The fourth-order valence-corrected chi connectivity index (χ4v) is 5.58. The van der Waals surface area contributed by atoms with Gasteiger partial charge in [-0.05, 0) is 62.5 Å². The number of piperazine rings is 1. The molecule has 0 aromatic heterocycles. The summed E-state index contributed by atoms with van der Waals surface area (Å²) in [4.78, 5) is 17.3. The minimum Gasteiger partial charge on any atom is -0.369 e. The summed E-state index contributed by atoms with van der Waals surface area (Å²) >= 11 is 0. The summed E-state index contributed by atoms with van der Waals surface area (Å²) in [5.74, 6) is 2.74. The zero-order chi connectivity index (χ0) is 18.1. The molecule has 1 aromatic rings. The van der Waals surface area contributed by atoms with E-state index < -0.39 is 0 Å². The van der Waals surface area contributed by atoms with Crippen LogP contribution in [0.5, 0.6) is 0 Å². The summed E-state index contributed by atoms with van der Waals surface area (Å²) in [6.45, 7) is 8.87. The molecule has 26 heavy (non-hydrogen) atoms. The summed E-state index contributed by atoms with van der Waals surface area (Å²) < 4.78 is 0. The van der Waals surface area contributed by atoms with E-state index in [0.29, 0.717) is 12.6 Å². The molecular weight excluding hydrogens is 322 g/mol. The predicted octanol–water partition coefficient (Wildman–Crippen LogP) is 3.06.